The maximum absolute atomic E-state index is 8.36. The number of ether oxygens (including phenoxy) is 1. The molecule has 0 aliphatic carbocycles. The number of para-hydroxylation sites is 1. The number of fused-ring (bicyclic) bond motifs is 1. The fourth-order valence-corrected chi connectivity index (χ4v) is 4.78. The Kier molecular flexibility index (Phi) is 6.15. The van der Waals surface area contributed by atoms with Crippen LogP contribution in [-0.4, -0.2) is 44.3 Å². The Balaban J connectivity index is 0.000000687. The van der Waals surface area contributed by atoms with Crippen LogP contribution in [0.4, 0.5) is 0 Å². The number of pyridine rings is 1. The van der Waals surface area contributed by atoms with Crippen molar-refractivity contribution in [2.75, 3.05) is 13.2 Å². The van der Waals surface area contributed by atoms with Crippen molar-refractivity contribution in [3.8, 4) is 10.7 Å². The maximum Gasteiger partial charge on any atom is 0.290 e. The van der Waals surface area contributed by atoms with Gasteiger partial charge in [0.1, 0.15) is 0 Å². The molecule has 5 rings (SSSR count). The molecule has 4 heterocycles. The second kappa shape index (κ2) is 9.15. The number of carbonyl (C=O) groups is 1. The van der Waals surface area contributed by atoms with Crippen LogP contribution in [0.25, 0.3) is 21.6 Å². The zero-order valence-corrected chi connectivity index (χ0v) is 17.3. The van der Waals surface area contributed by atoms with E-state index in [1.54, 1.807) is 11.3 Å². The van der Waals surface area contributed by atoms with Crippen molar-refractivity contribution < 1.29 is 14.6 Å². The number of imidazole rings is 1. The van der Waals surface area contributed by atoms with Crippen LogP contribution >= 0.6 is 11.3 Å². The summed E-state index contributed by atoms with van der Waals surface area (Å²) in [5.41, 5.74) is 5.30. The second-order valence-electron chi connectivity index (χ2n) is 7.09. The van der Waals surface area contributed by atoms with Gasteiger partial charge in [0.15, 0.2) is 5.82 Å². The highest BCUT2D eigenvalue weighted by molar-refractivity contribution is 7.13. The van der Waals surface area contributed by atoms with Crippen LogP contribution < -0.4 is 0 Å². The smallest absolute Gasteiger partial charge is 0.290 e. The minimum absolute atomic E-state index is 0.250. The maximum atomic E-state index is 8.36. The predicted octanol–water partition coefficient (Wildman–Crippen LogP) is 3.99. The summed E-state index contributed by atoms with van der Waals surface area (Å²) in [4.78, 5) is 23.0. The van der Waals surface area contributed by atoms with Crippen molar-refractivity contribution in [3.05, 3.63) is 65.7 Å². The average Bonchev–Trinajstić information content (AvgIpc) is 3.49. The lowest BCUT2D eigenvalue weighted by atomic mass is 9.93. The van der Waals surface area contributed by atoms with Gasteiger partial charge < -0.3 is 14.4 Å². The van der Waals surface area contributed by atoms with Crippen LogP contribution in [0.5, 0.6) is 0 Å². The summed E-state index contributed by atoms with van der Waals surface area (Å²) in [6.07, 6.45) is 6.83. The topological polar surface area (TPSA) is 90.1 Å². The largest absolute Gasteiger partial charge is 0.483 e. The van der Waals surface area contributed by atoms with E-state index in [2.05, 4.69) is 50.0 Å². The van der Waals surface area contributed by atoms with Crippen LogP contribution in [0.1, 0.15) is 17.3 Å². The fourth-order valence-electron chi connectivity index (χ4n) is 3.98. The van der Waals surface area contributed by atoms with E-state index in [0.717, 1.165) is 41.5 Å². The van der Waals surface area contributed by atoms with Gasteiger partial charge in [-0.15, -0.1) is 11.3 Å². The summed E-state index contributed by atoms with van der Waals surface area (Å²) >= 11 is 1.64. The van der Waals surface area contributed by atoms with Crippen molar-refractivity contribution in [2.24, 2.45) is 5.92 Å². The first-order valence-electron chi connectivity index (χ1n) is 9.64. The molecule has 2 atom stereocenters. The summed E-state index contributed by atoms with van der Waals surface area (Å²) in [5.74, 6) is 1.40. The van der Waals surface area contributed by atoms with Gasteiger partial charge in [0, 0.05) is 29.9 Å². The van der Waals surface area contributed by atoms with E-state index >= 15 is 0 Å². The van der Waals surface area contributed by atoms with Gasteiger partial charge in [-0.3, -0.25) is 9.78 Å². The molecule has 0 unspecified atom stereocenters. The van der Waals surface area contributed by atoms with E-state index in [-0.39, 0.29) is 12.5 Å². The third-order valence-corrected chi connectivity index (χ3v) is 6.29. The SMILES string of the molecule is Cc1ncsc1-c1nccn1[C@@H]1COC[C@H]1Cc1ccnc2ccccc12.O=CO. The Labute approximate surface area is 178 Å². The second-order valence-corrected chi connectivity index (χ2v) is 7.94. The van der Waals surface area contributed by atoms with Crippen LogP contribution in [0, 0.1) is 12.8 Å². The first kappa shape index (κ1) is 20.2. The van der Waals surface area contributed by atoms with Crippen molar-refractivity contribution >= 4 is 28.7 Å². The van der Waals surface area contributed by atoms with Gasteiger partial charge in [0.25, 0.3) is 6.47 Å². The molecule has 1 fully saturated rings. The molecule has 8 heteroatoms. The number of hydrogen-bond donors (Lipinski definition) is 1. The lowest BCUT2D eigenvalue weighted by molar-refractivity contribution is -0.122. The van der Waals surface area contributed by atoms with E-state index in [9.17, 15) is 0 Å². The average molecular weight is 423 g/mol. The number of carboxylic acid groups (broad SMARTS) is 1. The van der Waals surface area contributed by atoms with Gasteiger partial charge in [0.05, 0.1) is 40.9 Å². The molecule has 0 amide bonds. The number of rotatable bonds is 4. The minimum Gasteiger partial charge on any atom is -0.483 e. The normalized spacial score (nSPS) is 18.2. The molecule has 0 bridgehead atoms. The van der Waals surface area contributed by atoms with Crippen molar-refractivity contribution in [1.29, 1.82) is 0 Å². The molecule has 4 aromatic rings. The van der Waals surface area contributed by atoms with Gasteiger partial charge in [-0.25, -0.2) is 9.97 Å². The molecule has 0 spiro atoms. The van der Waals surface area contributed by atoms with Crippen LogP contribution in [0.3, 0.4) is 0 Å². The summed E-state index contributed by atoms with van der Waals surface area (Å²) in [7, 11) is 0. The van der Waals surface area contributed by atoms with E-state index < -0.39 is 0 Å². The summed E-state index contributed by atoms with van der Waals surface area (Å²) in [5, 5.41) is 8.12. The summed E-state index contributed by atoms with van der Waals surface area (Å²) in [6.45, 7) is 3.27. The molecule has 1 N–H and O–H groups in total. The molecule has 3 aromatic heterocycles. The van der Waals surface area contributed by atoms with E-state index in [1.807, 2.05) is 30.9 Å². The third kappa shape index (κ3) is 3.96. The molecule has 1 saturated heterocycles. The zero-order chi connectivity index (χ0) is 20.9. The highest BCUT2D eigenvalue weighted by Gasteiger charge is 2.32. The monoisotopic (exact) mass is 422 g/mol. The Morgan fingerprint density at radius 3 is 2.83 bits per heavy atom. The van der Waals surface area contributed by atoms with Gasteiger partial charge >= 0.3 is 0 Å². The fraction of sp³-hybridized carbons (Fsp3) is 0.273. The molecule has 0 radical (unpaired) electrons. The van der Waals surface area contributed by atoms with Crippen molar-refractivity contribution in [1.82, 2.24) is 19.5 Å². The Hall–Kier alpha value is -3.10. The van der Waals surface area contributed by atoms with E-state index in [4.69, 9.17) is 14.6 Å². The van der Waals surface area contributed by atoms with E-state index in [0.29, 0.717) is 5.92 Å². The standard InChI is InChI=1S/C21H20N4OS.CH2O2/c1-14-20(27-13-24-14)21-23-8-9-25(21)19-12-26-11-16(19)10-15-6-7-22-18-5-3-2-4-17(15)18;2-1-3/h2-9,13,16,19H,10-12H2,1H3;1H,(H,2,3)/t16-,19-;/m1./s1. The first-order valence-corrected chi connectivity index (χ1v) is 10.5. The van der Waals surface area contributed by atoms with Crippen LogP contribution in [-0.2, 0) is 16.0 Å². The van der Waals surface area contributed by atoms with Gasteiger partial charge in [-0.2, -0.15) is 0 Å². The van der Waals surface area contributed by atoms with E-state index in [1.165, 1.54) is 10.9 Å². The molecular weight excluding hydrogens is 400 g/mol. The number of aryl methyl sites for hydroxylation is 1. The minimum atomic E-state index is -0.250. The highest BCUT2D eigenvalue weighted by Crippen LogP contribution is 2.35. The quantitative estimate of drug-likeness (QED) is 0.500. The molecule has 1 aliphatic heterocycles. The number of aromatic nitrogens is 4. The van der Waals surface area contributed by atoms with Gasteiger partial charge in [0.2, 0.25) is 0 Å². The summed E-state index contributed by atoms with van der Waals surface area (Å²) < 4.78 is 8.18. The Bertz CT molecular complexity index is 1130. The van der Waals surface area contributed by atoms with Gasteiger partial charge in [-0.05, 0) is 31.0 Å². The summed E-state index contributed by atoms with van der Waals surface area (Å²) in [6, 6.07) is 10.8. The number of thiazole rings is 1. The zero-order valence-electron chi connectivity index (χ0n) is 16.5. The van der Waals surface area contributed by atoms with Gasteiger partial charge in [-0.1, -0.05) is 18.2 Å². The van der Waals surface area contributed by atoms with Crippen LogP contribution in [0.15, 0.2) is 54.4 Å². The Morgan fingerprint density at radius 1 is 1.20 bits per heavy atom. The lowest BCUT2D eigenvalue weighted by Crippen LogP contribution is -2.20. The molecule has 30 heavy (non-hydrogen) atoms. The third-order valence-electron chi connectivity index (χ3n) is 5.36. The lowest BCUT2D eigenvalue weighted by Gasteiger charge is -2.21. The van der Waals surface area contributed by atoms with Crippen molar-refractivity contribution in [2.45, 2.75) is 19.4 Å². The molecule has 1 aromatic carbocycles. The molecule has 154 valence electrons. The predicted molar refractivity (Wildman–Crippen MR) is 116 cm³/mol. The van der Waals surface area contributed by atoms with Crippen molar-refractivity contribution in [3.63, 3.8) is 0 Å². The highest BCUT2D eigenvalue weighted by atomic mass is 32.1. The molecule has 0 saturated carbocycles. The molecule has 1 aliphatic rings. The Morgan fingerprint density at radius 2 is 2.03 bits per heavy atom. The molecular formula is C22H22N4O3S. The molecule has 7 nitrogen and oxygen atoms in total. The number of hydrogen-bond acceptors (Lipinski definition) is 6. The number of nitrogens with zero attached hydrogens (tertiary/aromatic N) is 4. The number of benzene rings is 1. The first-order chi connectivity index (χ1) is 14.7. The van der Waals surface area contributed by atoms with Crippen LogP contribution in [0.2, 0.25) is 0 Å².